The first-order valence-corrected chi connectivity index (χ1v) is 10.3. The zero-order chi connectivity index (χ0) is 18.5. The van der Waals surface area contributed by atoms with Crippen molar-refractivity contribution < 1.29 is 9.53 Å². The monoisotopic (exact) mass is 398 g/mol. The highest BCUT2D eigenvalue weighted by Crippen LogP contribution is 2.24. The van der Waals surface area contributed by atoms with E-state index in [-0.39, 0.29) is 5.91 Å². The normalized spacial score (nSPS) is 20.5. The van der Waals surface area contributed by atoms with Crippen molar-refractivity contribution in [2.45, 2.75) is 50.7 Å². The molecule has 4 nitrogen and oxygen atoms in total. The summed E-state index contributed by atoms with van der Waals surface area (Å²) in [7, 11) is 1.81. The topological polar surface area (TPSA) is 32.8 Å². The number of halogens is 2. The number of hydrogen-bond acceptors (Lipinski definition) is 3. The molecule has 26 heavy (non-hydrogen) atoms. The molecule has 0 bridgehead atoms. The Balaban J connectivity index is 1.42. The van der Waals surface area contributed by atoms with E-state index < -0.39 is 0 Å². The molecule has 0 spiro atoms. The maximum absolute atomic E-state index is 12.5. The van der Waals surface area contributed by atoms with Crippen LogP contribution in [0, 0.1) is 0 Å². The number of carbonyl (C=O) groups excluding carboxylic acids is 1. The van der Waals surface area contributed by atoms with Crippen LogP contribution in [0.15, 0.2) is 18.2 Å². The van der Waals surface area contributed by atoms with Crippen LogP contribution in [0.4, 0.5) is 0 Å². The van der Waals surface area contributed by atoms with Gasteiger partial charge in [-0.05, 0) is 49.8 Å². The highest BCUT2D eigenvalue weighted by molar-refractivity contribution is 6.35. The zero-order valence-corrected chi connectivity index (χ0v) is 16.9. The fourth-order valence-corrected chi connectivity index (χ4v) is 4.58. The molecule has 0 atom stereocenters. The average molecular weight is 399 g/mol. The lowest BCUT2D eigenvalue weighted by Crippen LogP contribution is -2.49. The Morgan fingerprint density at radius 3 is 2.42 bits per heavy atom. The summed E-state index contributed by atoms with van der Waals surface area (Å²) in [5.74, 6) is 0.229. The number of piperidine rings is 2. The first-order valence-electron chi connectivity index (χ1n) is 9.55. The summed E-state index contributed by atoms with van der Waals surface area (Å²) in [6, 6.07) is 6.09. The molecule has 3 rings (SSSR count). The molecule has 1 aromatic carbocycles. The SMILES string of the molecule is COC1CCN(C2CCN(C(=O)CCc3ccc(Cl)cc3Cl)CC2)CC1. The van der Waals surface area contributed by atoms with E-state index in [0.29, 0.717) is 35.0 Å². The van der Waals surface area contributed by atoms with Gasteiger partial charge in [-0.2, -0.15) is 0 Å². The third-order valence-corrected chi connectivity index (χ3v) is 6.35. The average Bonchev–Trinajstić information content (AvgIpc) is 2.67. The van der Waals surface area contributed by atoms with E-state index in [1.807, 2.05) is 24.1 Å². The number of amides is 1. The van der Waals surface area contributed by atoms with Crippen molar-refractivity contribution >= 4 is 29.1 Å². The Kier molecular flexibility index (Phi) is 7.21. The molecule has 144 valence electrons. The summed E-state index contributed by atoms with van der Waals surface area (Å²) in [5.41, 5.74) is 0.986. The van der Waals surface area contributed by atoms with Crippen LogP contribution in [0.5, 0.6) is 0 Å². The standard InChI is InChI=1S/C20H28Cl2N2O2/c1-26-18-8-12-23(13-9-18)17-6-10-24(11-7-17)20(25)5-3-15-2-4-16(21)14-19(15)22/h2,4,14,17-18H,3,5-13H2,1H3. The second kappa shape index (κ2) is 9.41. The summed E-state index contributed by atoms with van der Waals surface area (Å²) in [5, 5.41) is 1.27. The fourth-order valence-electron chi connectivity index (χ4n) is 4.08. The third-order valence-electron chi connectivity index (χ3n) is 5.77. The summed E-state index contributed by atoms with van der Waals surface area (Å²) < 4.78 is 5.46. The van der Waals surface area contributed by atoms with Crippen LogP contribution < -0.4 is 0 Å². The molecular weight excluding hydrogens is 371 g/mol. The summed E-state index contributed by atoms with van der Waals surface area (Å²) >= 11 is 12.1. The minimum absolute atomic E-state index is 0.229. The van der Waals surface area contributed by atoms with Crippen LogP contribution in [-0.4, -0.2) is 61.1 Å². The molecule has 1 amide bonds. The zero-order valence-electron chi connectivity index (χ0n) is 15.4. The summed E-state index contributed by atoms with van der Waals surface area (Å²) in [4.78, 5) is 17.1. The van der Waals surface area contributed by atoms with Gasteiger partial charge in [-0.25, -0.2) is 0 Å². The van der Waals surface area contributed by atoms with Gasteiger partial charge in [0.25, 0.3) is 0 Å². The van der Waals surface area contributed by atoms with E-state index in [4.69, 9.17) is 27.9 Å². The van der Waals surface area contributed by atoms with Gasteiger partial charge < -0.3 is 14.5 Å². The molecule has 2 aliphatic heterocycles. The predicted molar refractivity (Wildman–Crippen MR) is 106 cm³/mol. The van der Waals surface area contributed by atoms with Crippen LogP contribution in [0.3, 0.4) is 0 Å². The Morgan fingerprint density at radius 1 is 1.12 bits per heavy atom. The molecule has 0 radical (unpaired) electrons. The van der Waals surface area contributed by atoms with Crippen molar-refractivity contribution in [3.63, 3.8) is 0 Å². The van der Waals surface area contributed by atoms with E-state index in [0.717, 1.165) is 57.4 Å². The van der Waals surface area contributed by atoms with Gasteiger partial charge in [0.05, 0.1) is 6.10 Å². The number of likely N-dealkylation sites (tertiary alicyclic amines) is 2. The molecule has 0 aliphatic carbocycles. The van der Waals surface area contributed by atoms with Gasteiger partial charge in [-0.15, -0.1) is 0 Å². The van der Waals surface area contributed by atoms with E-state index in [2.05, 4.69) is 4.90 Å². The number of hydrogen-bond donors (Lipinski definition) is 0. The van der Waals surface area contributed by atoms with Gasteiger partial charge in [0.15, 0.2) is 0 Å². The van der Waals surface area contributed by atoms with Gasteiger partial charge in [0.1, 0.15) is 0 Å². The molecule has 0 N–H and O–H groups in total. The van der Waals surface area contributed by atoms with E-state index in [9.17, 15) is 4.79 Å². The lowest BCUT2D eigenvalue weighted by atomic mass is 9.98. The van der Waals surface area contributed by atoms with Crippen LogP contribution in [0.25, 0.3) is 0 Å². The van der Waals surface area contributed by atoms with Crippen molar-refractivity contribution in [2.75, 3.05) is 33.3 Å². The van der Waals surface area contributed by atoms with E-state index in [1.165, 1.54) is 0 Å². The molecule has 1 aromatic rings. The van der Waals surface area contributed by atoms with Gasteiger partial charge >= 0.3 is 0 Å². The Hall–Kier alpha value is -0.810. The maximum Gasteiger partial charge on any atom is 0.222 e. The highest BCUT2D eigenvalue weighted by atomic mass is 35.5. The number of carbonyl (C=O) groups is 1. The van der Waals surface area contributed by atoms with Gasteiger partial charge in [0, 0.05) is 55.8 Å². The minimum atomic E-state index is 0.229. The molecule has 6 heteroatoms. The van der Waals surface area contributed by atoms with Crippen LogP contribution in [0.1, 0.15) is 37.7 Å². The van der Waals surface area contributed by atoms with E-state index in [1.54, 1.807) is 6.07 Å². The molecule has 0 saturated carbocycles. The molecule has 0 aromatic heterocycles. The second-order valence-electron chi connectivity index (χ2n) is 7.32. The first kappa shape index (κ1) is 19.9. The van der Waals surface area contributed by atoms with Crippen molar-refractivity contribution in [3.8, 4) is 0 Å². The first-order chi connectivity index (χ1) is 12.6. The molecule has 2 aliphatic rings. The smallest absolute Gasteiger partial charge is 0.222 e. The number of aryl methyl sites for hydroxylation is 1. The highest BCUT2D eigenvalue weighted by Gasteiger charge is 2.29. The van der Waals surface area contributed by atoms with Gasteiger partial charge in [-0.3, -0.25) is 4.79 Å². The number of nitrogens with zero attached hydrogens (tertiary/aromatic N) is 2. The summed E-state index contributed by atoms with van der Waals surface area (Å²) in [6.45, 7) is 3.96. The van der Waals surface area contributed by atoms with Gasteiger partial charge in [-0.1, -0.05) is 29.3 Å². The van der Waals surface area contributed by atoms with Crippen molar-refractivity contribution in [3.05, 3.63) is 33.8 Å². The number of methoxy groups -OCH3 is 1. The number of benzene rings is 1. The van der Waals surface area contributed by atoms with Crippen molar-refractivity contribution in [1.29, 1.82) is 0 Å². The molecular formula is C20H28Cl2N2O2. The number of ether oxygens (including phenoxy) is 1. The minimum Gasteiger partial charge on any atom is -0.381 e. The quantitative estimate of drug-likeness (QED) is 0.750. The van der Waals surface area contributed by atoms with Crippen LogP contribution in [-0.2, 0) is 16.0 Å². The Labute approximate surface area is 166 Å². The van der Waals surface area contributed by atoms with E-state index >= 15 is 0 Å². The fraction of sp³-hybridized carbons (Fsp3) is 0.650. The molecule has 2 heterocycles. The molecule has 2 fully saturated rings. The molecule has 2 saturated heterocycles. The predicted octanol–water partition coefficient (Wildman–Crippen LogP) is 4.03. The van der Waals surface area contributed by atoms with Gasteiger partial charge in [0.2, 0.25) is 5.91 Å². The van der Waals surface area contributed by atoms with Crippen molar-refractivity contribution in [2.24, 2.45) is 0 Å². The van der Waals surface area contributed by atoms with Crippen molar-refractivity contribution in [1.82, 2.24) is 9.80 Å². The largest absolute Gasteiger partial charge is 0.381 e. The maximum atomic E-state index is 12.5. The Bertz CT molecular complexity index is 610. The number of rotatable bonds is 5. The lowest BCUT2D eigenvalue weighted by Gasteiger charge is -2.41. The second-order valence-corrected chi connectivity index (χ2v) is 8.16. The summed E-state index contributed by atoms with van der Waals surface area (Å²) in [6.07, 6.45) is 5.99. The van der Waals surface area contributed by atoms with Crippen LogP contribution in [0.2, 0.25) is 10.0 Å². The molecule has 0 unspecified atom stereocenters. The lowest BCUT2D eigenvalue weighted by molar-refractivity contribution is -0.132. The van der Waals surface area contributed by atoms with Crippen LogP contribution >= 0.6 is 23.2 Å². The Morgan fingerprint density at radius 2 is 1.81 bits per heavy atom. The third kappa shape index (κ3) is 5.13.